The van der Waals surface area contributed by atoms with Crippen LogP contribution in [0.5, 0.6) is 0 Å². The Balaban J connectivity index is 1.49. The summed E-state index contributed by atoms with van der Waals surface area (Å²) in [5, 5.41) is 18.4. The van der Waals surface area contributed by atoms with Gasteiger partial charge in [-0.3, -0.25) is 0 Å². The van der Waals surface area contributed by atoms with Gasteiger partial charge >= 0.3 is 5.71 Å². The molecule has 3 heterocycles. The second-order valence-corrected chi connectivity index (χ2v) is 13.4. The predicted octanol–water partition coefficient (Wildman–Crippen LogP) is 7.72. The fourth-order valence-corrected chi connectivity index (χ4v) is 7.48. The first kappa shape index (κ1) is 25.0. The van der Waals surface area contributed by atoms with Crippen molar-refractivity contribution in [1.82, 2.24) is 4.98 Å². The molecule has 4 aromatic carbocycles. The number of hydrogen-bond donors (Lipinski definition) is 1. The summed E-state index contributed by atoms with van der Waals surface area (Å²) in [6, 6.07) is 21.7. The Morgan fingerprint density at radius 2 is 1.76 bits per heavy atom. The fraction of sp³-hybridized carbons (Fsp3) is 0.333. The summed E-state index contributed by atoms with van der Waals surface area (Å²) >= 11 is 0. The quantitative estimate of drug-likeness (QED) is 0.183. The van der Waals surface area contributed by atoms with Gasteiger partial charge in [0.15, 0.2) is 11.7 Å². The SMILES string of the molecule is COC1(O)C2c3c(cc(C(C)(C)C)c4ccccc34)-c3c4c(nc[n+]3C21)oc1c2ccc(CC(C)C)cc2ccc14. The Labute approximate surface area is 239 Å². The molecule has 3 unspecified atom stereocenters. The molecular formula is C36H35N2O3+. The molecule has 1 fully saturated rings. The monoisotopic (exact) mass is 543 g/mol. The minimum Gasteiger partial charge on any atom is -0.418 e. The van der Waals surface area contributed by atoms with Crippen molar-refractivity contribution in [2.24, 2.45) is 5.92 Å². The summed E-state index contributed by atoms with van der Waals surface area (Å²) in [6.45, 7) is 11.3. The van der Waals surface area contributed by atoms with Crippen LogP contribution in [0.4, 0.5) is 0 Å². The average molecular weight is 544 g/mol. The van der Waals surface area contributed by atoms with Crippen LogP contribution in [0.3, 0.4) is 0 Å². The molecule has 2 aromatic heterocycles. The van der Waals surface area contributed by atoms with E-state index < -0.39 is 5.79 Å². The number of furan rings is 1. The summed E-state index contributed by atoms with van der Waals surface area (Å²) in [4.78, 5) is 4.81. The van der Waals surface area contributed by atoms with Crippen molar-refractivity contribution in [3.05, 3.63) is 83.7 Å². The van der Waals surface area contributed by atoms with Crippen LogP contribution in [0.15, 0.2) is 71.4 Å². The summed E-state index contributed by atoms with van der Waals surface area (Å²) in [6.07, 6.45) is 2.87. The van der Waals surface area contributed by atoms with Crippen LogP contribution in [0.25, 0.3) is 54.9 Å². The van der Waals surface area contributed by atoms with Gasteiger partial charge in [-0.1, -0.05) is 83.1 Å². The van der Waals surface area contributed by atoms with Crippen LogP contribution in [0.1, 0.15) is 63.3 Å². The highest BCUT2D eigenvalue weighted by Gasteiger charge is 2.74. The maximum Gasteiger partial charge on any atom is 0.345 e. The van der Waals surface area contributed by atoms with E-state index in [1.54, 1.807) is 7.11 Å². The minimum absolute atomic E-state index is 0.0775. The minimum atomic E-state index is -1.30. The first-order valence-electron chi connectivity index (χ1n) is 14.6. The molecule has 0 amide bonds. The van der Waals surface area contributed by atoms with Gasteiger partial charge in [-0.2, -0.15) is 0 Å². The molecule has 1 N–H and O–H groups in total. The second kappa shape index (κ2) is 8.15. The Morgan fingerprint density at radius 3 is 2.49 bits per heavy atom. The second-order valence-electron chi connectivity index (χ2n) is 13.4. The molecule has 0 spiro atoms. The topological polar surface area (TPSA) is 59.4 Å². The van der Waals surface area contributed by atoms with Crippen molar-refractivity contribution < 1.29 is 18.8 Å². The molecule has 3 atom stereocenters. The average Bonchev–Trinajstić information content (AvgIpc) is 3.38. The molecule has 0 saturated heterocycles. The third kappa shape index (κ3) is 3.30. The van der Waals surface area contributed by atoms with Crippen LogP contribution in [0.2, 0.25) is 0 Å². The molecule has 5 heteroatoms. The zero-order chi connectivity index (χ0) is 28.4. The van der Waals surface area contributed by atoms with Crippen molar-refractivity contribution in [3.8, 4) is 11.3 Å². The fourth-order valence-electron chi connectivity index (χ4n) is 7.48. The molecule has 5 nitrogen and oxygen atoms in total. The smallest absolute Gasteiger partial charge is 0.345 e. The lowest BCUT2D eigenvalue weighted by Gasteiger charge is -2.26. The van der Waals surface area contributed by atoms with Crippen molar-refractivity contribution >= 4 is 43.6 Å². The van der Waals surface area contributed by atoms with E-state index in [2.05, 4.69) is 99.8 Å². The number of aliphatic hydroxyl groups is 1. The third-order valence-electron chi connectivity index (χ3n) is 9.32. The van der Waals surface area contributed by atoms with E-state index in [0.29, 0.717) is 11.6 Å². The van der Waals surface area contributed by atoms with Gasteiger partial charge in [-0.05, 0) is 67.7 Å². The van der Waals surface area contributed by atoms with Gasteiger partial charge in [0.1, 0.15) is 11.0 Å². The Morgan fingerprint density at radius 1 is 1.00 bits per heavy atom. The summed E-state index contributed by atoms with van der Waals surface area (Å²) in [5.41, 5.74) is 7.29. The van der Waals surface area contributed by atoms with Crippen molar-refractivity contribution in [2.45, 2.75) is 64.2 Å². The normalized spacial score (nSPS) is 21.6. The zero-order valence-electron chi connectivity index (χ0n) is 24.4. The Bertz CT molecular complexity index is 2070. The number of methoxy groups -OCH3 is 1. The molecule has 8 rings (SSSR count). The number of rotatable bonds is 3. The van der Waals surface area contributed by atoms with Gasteiger partial charge in [0.2, 0.25) is 5.79 Å². The highest BCUT2D eigenvalue weighted by atomic mass is 16.6. The predicted molar refractivity (Wildman–Crippen MR) is 163 cm³/mol. The van der Waals surface area contributed by atoms with E-state index in [9.17, 15) is 5.11 Å². The molecule has 2 aliphatic rings. The van der Waals surface area contributed by atoms with Gasteiger partial charge in [-0.25, -0.2) is 4.57 Å². The number of hydrogen-bond acceptors (Lipinski definition) is 4. The molecule has 0 bridgehead atoms. The van der Waals surface area contributed by atoms with Crippen LogP contribution in [-0.2, 0) is 16.6 Å². The van der Waals surface area contributed by atoms with Gasteiger partial charge in [-0.15, -0.1) is 0 Å². The lowest BCUT2D eigenvalue weighted by Crippen LogP contribution is -2.41. The maximum atomic E-state index is 11.8. The lowest BCUT2D eigenvalue weighted by molar-refractivity contribution is -0.704. The largest absolute Gasteiger partial charge is 0.418 e. The maximum absolute atomic E-state index is 11.8. The lowest BCUT2D eigenvalue weighted by atomic mass is 9.79. The van der Waals surface area contributed by atoms with Gasteiger partial charge in [0, 0.05) is 23.4 Å². The number of benzene rings is 4. The molecule has 41 heavy (non-hydrogen) atoms. The summed E-state index contributed by atoms with van der Waals surface area (Å²) in [7, 11) is 1.60. The van der Waals surface area contributed by atoms with E-state index >= 15 is 0 Å². The molecule has 6 aromatic rings. The van der Waals surface area contributed by atoms with E-state index in [0.717, 1.165) is 45.0 Å². The van der Waals surface area contributed by atoms with Gasteiger partial charge in [0.25, 0.3) is 6.33 Å². The summed E-state index contributed by atoms with van der Waals surface area (Å²) in [5.74, 6) is -0.886. The van der Waals surface area contributed by atoms with Crippen molar-refractivity contribution in [2.75, 3.05) is 7.11 Å². The molecule has 1 aliphatic carbocycles. The number of fused-ring (bicyclic) bond motifs is 14. The van der Waals surface area contributed by atoms with E-state index in [1.807, 2.05) is 6.33 Å². The highest BCUT2D eigenvalue weighted by Crippen LogP contribution is 2.65. The van der Waals surface area contributed by atoms with E-state index in [-0.39, 0.29) is 17.4 Å². The first-order chi connectivity index (χ1) is 19.6. The Kier molecular flexibility index (Phi) is 4.96. The summed E-state index contributed by atoms with van der Waals surface area (Å²) < 4.78 is 14.5. The van der Waals surface area contributed by atoms with Crippen LogP contribution >= 0.6 is 0 Å². The third-order valence-corrected chi connectivity index (χ3v) is 9.32. The standard InChI is InChI=1S/C36H35N2O3/c1-19(2)15-20-11-13-22-21(16-20)12-14-25-29-31-26-17-27(35(3,4)5)23-9-7-8-10-24(23)28(26)30-33(36(30,39)40-6)38(31)18-37-34(29)41-32(22)25/h7-14,16-19,30,33,39H,15H2,1-6H3/q+1. The van der Waals surface area contributed by atoms with Gasteiger partial charge < -0.3 is 14.3 Å². The van der Waals surface area contributed by atoms with Gasteiger partial charge in [0.05, 0.1) is 5.92 Å². The Hall–Kier alpha value is -3.80. The number of aromatic nitrogens is 2. The van der Waals surface area contributed by atoms with Crippen LogP contribution in [0, 0.1) is 5.92 Å². The molecule has 206 valence electrons. The molecule has 1 saturated carbocycles. The highest BCUT2D eigenvalue weighted by molar-refractivity contribution is 6.18. The number of ether oxygens (including phenoxy) is 1. The molecular weight excluding hydrogens is 508 g/mol. The van der Waals surface area contributed by atoms with Crippen LogP contribution < -0.4 is 4.57 Å². The first-order valence-corrected chi connectivity index (χ1v) is 14.6. The van der Waals surface area contributed by atoms with Crippen molar-refractivity contribution in [1.29, 1.82) is 0 Å². The molecule has 0 radical (unpaired) electrons. The van der Waals surface area contributed by atoms with E-state index in [4.69, 9.17) is 14.1 Å². The van der Waals surface area contributed by atoms with Crippen molar-refractivity contribution in [3.63, 3.8) is 0 Å². The van der Waals surface area contributed by atoms with Crippen LogP contribution in [-0.4, -0.2) is 23.0 Å². The van der Waals surface area contributed by atoms with E-state index in [1.165, 1.54) is 27.3 Å². The molecule has 1 aliphatic heterocycles. The number of nitrogens with zero attached hydrogens (tertiary/aromatic N) is 2. The zero-order valence-corrected chi connectivity index (χ0v) is 24.4.